The Kier molecular flexibility index (Phi) is 4.09. The molecule has 1 N–H and O–H groups in total. The zero-order valence-electron chi connectivity index (χ0n) is 9.10. The summed E-state index contributed by atoms with van der Waals surface area (Å²) in [4.78, 5) is 16.8. The number of aromatic carboxylic acids is 1. The summed E-state index contributed by atoms with van der Waals surface area (Å²) in [7, 11) is 1.92. The molecule has 0 bridgehead atoms. The summed E-state index contributed by atoms with van der Waals surface area (Å²) < 4.78 is 0. The number of unbranched alkanes of at least 4 members (excludes halogenated alkanes) is 1. The lowest BCUT2D eigenvalue weighted by Gasteiger charge is -2.17. The predicted molar refractivity (Wildman–Crippen MR) is 59.4 cm³/mol. The maximum absolute atomic E-state index is 10.7. The molecular formula is C11H16N2O2. The van der Waals surface area contributed by atoms with Crippen LogP contribution in [0, 0.1) is 0 Å². The summed E-state index contributed by atoms with van der Waals surface area (Å²) in [6, 6.07) is 3.09. The monoisotopic (exact) mass is 208 g/mol. The molecule has 1 rings (SSSR count). The lowest BCUT2D eigenvalue weighted by molar-refractivity contribution is 0.0697. The average molecular weight is 208 g/mol. The van der Waals surface area contributed by atoms with Crippen LogP contribution in [-0.4, -0.2) is 29.7 Å². The van der Waals surface area contributed by atoms with E-state index in [1.807, 2.05) is 11.9 Å². The van der Waals surface area contributed by atoms with Crippen LogP contribution in [0.15, 0.2) is 18.3 Å². The van der Waals surface area contributed by atoms with Crippen LogP contribution in [0.4, 0.5) is 5.82 Å². The van der Waals surface area contributed by atoms with Gasteiger partial charge in [0, 0.05) is 19.8 Å². The van der Waals surface area contributed by atoms with E-state index in [1.54, 1.807) is 6.07 Å². The Labute approximate surface area is 89.6 Å². The predicted octanol–water partition coefficient (Wildman–Crippen LogP) is 2.02. The molecule has 1 heterocycles. The van der Waals surface area contributed by atoms with E-state index in [0.717, 1.165) is 19.4 Å². The standard InChI is InChI=1S/C11H16N2O2/c1-3-4-7-13(2)10-8-9(11(14)15)5-6-12-10/h5-6,8H,3-4,7H2,1-2H3,(H,14,15). The number of hydrogen-bond donors (Lipinski definition) is 1. The van der Waals surface area contributed by atoms with Crippen molar-refractivity contribution in [3.63, 3.8) is 0 Å². The van der Waals surface area contributed by atoms with Crippen molar-refractivity contribution < 1.29 is 9.90 Å². The lowest BCUT2D eigenvalue weighted by atomic mass is 10.2. The van der Waals surface area contributed by atoms with Gasteiger partial charge < -0.3 is 10.0 Å². The summed E-state index contributed by atoms with van der Waals surface area (Å²) >= 11 is 0. The number of aromatic nitrogens is 1. The van der Waals surface area contributed by atoms with Crippen LogP contribution in [0.1, 0.15) is 30.1 Å². The maximum Gasteiger partial charge on any atom is 0.335 e. The summed E-state index contributed by atoms with van der Waals surface area (Å²) in [6.45, 7) is 3.02. The minimum Gasteiger partial charge on any atom is -0.478 e. The van der Waals surface area contributed by atoms with Crippen LogP contribution in [-0.2, 0) is 0 Å². The van der Waals surface area contributed by atoms with Crippen molar-refractivity contribution in [3.05, 3.63) is 23.9 Å². The number of anilines is 1. The van der Waals surface area contributed by atoms with Crippen LogP contribution < -0.4 is 4.90 Å². The molecule has 0 aromatic carbocycles. The van der Waals surface area contributed by atoms with E-state index in [1.165, 1.54) is 12.3 Å². The van der Waals surface area contributed by atoms with Gasteiger partial charge in [-0.05, 0) is 18.6 Å². The quantitative estimate of drug-likeness (QED) is 0.804. The minimum absolute atomic E-state index is 0.281. The topological polar surface area (TPSA) is 53.4 Å². The first-order valence-electron chi connectivity index (χ1n) is 5.05. The van der Waals surface area contributed by atoms with E-state index in [0.29, 0.717) is 5.82 Å². The summed E-state index contributed by atoms with van der Waals surface area (Å²) in [5.41, 5.74) is 0.281. The van der Waals surface area contributed by atoms with E-state index in [2.05, 4.69) is 11.9 Å². The number of carboxylic acid groups (broad SMARTS) is 1. The molecule has 15 heavy (non-hydrogen) atoms. The Balaban J connectivity index is 2.76. The number of nitrogens with zero attached hydrogens (tertiary/aromatic N) is 2. The number of rotatable bonds is 5. The van der Waals surface area contributed by atoms with Crippen molar-refractivity contribution in [2.75, 3.05) is 18.5 Å². The van der Waals surface area contributed by atoms with E-state index in [4.69, 9.17) is 5.11 Å². The van der Waals surface area contributed by atoms with Crippen LogP contribution in [0.25, 0.3) is 0 Å². The molecule has 0 unspecified atom stereocenters. The van der Waals surface area contributed by atoms with Gasteiger partial charge in [0.05, 0.1) is 5.56 Å². The molecule has 82 valence electrons. The molecule has 0 atom stereocenters. The highest BCUT2D eigenvalue weighted by Gasteiger charge is 2.06. The zero-order chi connectivity index (χ0) is 11.3. The number of hydrogen-bond acceptors (Lipinski definition) is 3. The third-order valence-electron chi connectivity index (χ3n) is 2.23. The highest BCUT2D eigenvalue weighted by atomic mass is 16.4. The summed E-state index contributed by atoms with van der Waals surface area (Å²) in [5.74, 6) is -0.203. The molecule has 0 aliphatic carbocycles. The molecule has 0 aliphatic heterocycles. The van der Waals surface area contributed by atoms with Gasteiger partial charge in [0.25, 0.3) is 0 Å². The van der Waals surface area contributed by atoms with Gasteiger partial charge in [-0.3, -0.25) is 0 Å². The lowest BCUT2D eigenvalue weighted by Crippen LogP contribution is -2.19. The van der Waals surface area contributed by atoms with Crippen molar-refractivity contribution >= 4 is 11.8 Å². The van der Waals surface area contributed by atoms with Crippen LogP contribution in [0.5, 0.6) is 0 Å². The van der Waals surface area contributed by atoms with E-state index >= 15 is 0 Å². The van der Waals surface area contributed by atoms with Gasteiger partial charge >= 0.3 is 5.97 Å². The van der Waals surface area contributed by atoms with Gasteiger partial charge in [-0.15, -0.1) is 0 Å². The second-order valence-electron chi connectivity index (χ2n) is 3.48. The minimum atomic E-state index is -0.914. The second-order valence-corrected chi connectivity index (χ2v) is 3.48. The van der Waals surface area contributed by atoms with Gasteiger partial charge in [-0.1, -0.05) is 13.3 Å². The zero-order valence-corrected chi connectivity index (χ0v) is 9.10. The molecule has 4 nitrogen and oxygen atoms in total. The maximum atomic E-state index is 10.7. The Bertz CT molecular complexity index is 339. The molecule has 0 saturated heterocycles. The van der Waals surface area contributed by atoms with Gasteiger partial charge in [0.15, 0.2) is 0 Å². The molecule has 0 spiro atoms. The normalized spacial score (nSPS) is 10.0. The molecule has 0 aliphatic rings. The largest absolute Gasteiger partial charge is 0.478 e. The van der Waals surface area contributed by atoms with Gasteiger partial charge in [0.1, 0.15) is 5.82 Å². The molecule has 4 heteroatoms. The van der Waals surface area contributed by atoms with Crippen molar-refractivity contribution in [1.29, 1.82) is 0 Å². The second kappa shape index (κ2) is 5.34. The molecular weight excluding hydrogens is 192 g/mol. The van der Waals surface area contributed by atoms with Crippen LogP contribution in [0.3, 0.4) is 0 Å². The molecule has 1 aromatic heterocycles. The van der Waals surface area contributed by atoms with Crippen LogP contribution >= 0.6 is 0 Å². The molecule has 0 saturated carbocycles. The summed E-state index contributed by atoms with van der Waals surface area (Å²) in [6.07, 6.45) is 3.72. The van der Waals surface area contributed by atoms with Gasteiger partial charge in [-0.25, -0.2) is 9.78 Å². The Morgan fingerprint density at radius 3 is 2.93 bits per heavy atom. The van der Waals surface area contributed by atoms with Crippen molar-refractivity contribution in [2.24, 2.45) is 0 Å². The fourth-order valence-electron chi connectivity index (χ4n) is 1.27. The number of carbonyl (C=O) groups is 1. The number of pyridine rings is 1. The van der Waals surface area contributed by atoms with E-state index in [-0.39, 0.29) is 5.56 Å². The van der Waals surface area contributed by atoms with Crippen molar-refractivity contribution in [3.8, 4) is 0 Å². The molecule has 0 fully saturated rings. The van der Waals surface area contributed by atoms with E-state index < -0.39 is 5.97 Å². The third-order valence-corrected chi connectivity index (χ3v) is 2.23. The molecule has 0 amide bonds. The highest BCUT2D eigenvalue weighted by Crippen LogP contribution is 2.11. The first-order valence-corrected chi connectivity index (χ1v) is 5.05. The fraction of sp³-hybridized carbons (Fsp3) is 0.455. The average Bonchev–Trinajstić information content (AvgIpc) is 2.26. The van der Waals surface area contributed by atoms with Gasteiger partial charge in [-0.2, -0.15) is 0 Å². The third kappa shape index (κ3) is 3.23. The Morgan fingerprint density at radius 1 is 1.60 bits per heavy atom. The Hall–Kier alpha value is -1.58. The fourth-order valence-corrected chi connectivity index (χ4v) is 1.27. The Morgan fingerprint density at radius 2 is 2.33 bits per heavy atom. The molecule has 1 aromatic rings. The van der Waals surface area contributed by atoms with Gasteiger partial charge in [0.2, 0.25) is 0 Å². The van der Waals surface area contributed by atoms with Crippen molar-refractivity contribution in [2.45, 2.75) is 19.8 Å². The van der Waals surface area contributed by atoms with E-state index in [9.17, 15) is 4.79 Å². The smallest absolute Gasteiger partial charge is 0.335 e. The van der Waals surface area contributed by atoms with Crippen LogP contribution in [0.2, 0.25) is 0 Å². The first-order chi connectivity index (χ1) is 7.15. The first kappa shape index (κ1) is 11.5. The molecule has 0 radical (unpaired) electrons. The SMILES string of the molecule is CCCCN(C)c1cc(C(=O)O)ccn1. The summed E-state index contributed by atoms with van der Waals surface area (Å²) in [5, 5.41) is 8.82. The highest BCUT2D eigenvalue weighted by molar-refractivity contribution is 5.88. The van der Waals surface area contributed by atoms with Crippen molar-refractivity contribution in [1.82, 2.24) is 4.98 Å². The number of carboxylic acids is 1.